The maximum atomic E-state index is 12.3. The molecule has 0 spiro atoms. The van der Waals surface area contributed by atoms with E-state index in [4.69, 9.17) is 4.74 Å². The lowest BCUT2D eigenvalue weighted by atomic mass is 9.95. The molecular weight excluding hydrogens is 296 g/mol. The van der Waals surface area contributed by atoms with Crippen LogP contribution < -0.4 is 15.4 Å². The van der Waals surface area contributed by atoms with Gasteiger partial charge in [-0.1, -0.05) is 0 Å². The molecule has 4 rings (SSSR count). The highest BCUT2D eigenvalue weighted by Crippen LogP contribution is 2.29. The van der Waals surface area contributed by atoms with E-state index in [-0.39, 0.29) is 11.9 Å². The Morgan fingerprint density at radius 3 is 2.73 bits per heavy atom. The summed E-state index contributed by atoms with van der Waals surface area (Å²) in [5.74, 6) is 0.752. The summed E-state index contributed by atoms with van der Waals surface area (Å²) < 4.78 is 5.70. The number of thiophene rings is 1. The van der Waals surface area contributed by atoms with Crippen LogP contribution in [0.1, 0.15) is 29.6 Å². The Bertz CT molecular complexity index is 654. The minimum atomic E-state index is 0.00187. The maximum absolute atomic E-state index is 12.3. The Hall–Kier alpha value is -1.85. The summed E-state index contributed by atoms with van der Waals surface area (Å²) in [6.07, 6.45) is 3.46. The maximum Gasteiger partial charge on any atom is 0.251 e. The Morgan fingerprint density at radius 1 is 1.23 bits per heavy atom. The van der Waals surface area contributed by atoms with Crippen LogP contribution >= 0.6 is 11.3 Å². The summed E-state index contributed by atoms with van der Waals surface area (Å²) in [5, 5.41) is 9.51. The number of ether oxygens (including phenoxy) is 1. The van der Waals surface area contributed by atoms with Crippen LogP contribution in [0.5, 0.6) is 10.8 Å². The number of hydrogen-bond acceptors (Lipinski definition) is 4. The SMILES string of the molecule is O=C(NC1CC2CCC1N2)c1ccc(Oc2cccs2)cc1. The highest BCUT2D eigenvalue weighted by Gasteiger charge is 2.39. The van der Waals surface area contributed by atoms with E-state index in [9.17, 15) is 4.79 Å². The van der Waals surface area contributed by atoms with Crippen molar-refractivity contribution in [2.75, 3.05) is 0 Å². The third-order valence-corrected chi connectivity index (χ3v) is 5.19. The second-order valence-electron chi connectivity index (χ2n) is 5.92. The lowest BCUT2D eigenvalue weighted by molar-refractivity contribution is 0.0931. The van der Waals surface area contributed by atoms with E-state index in [2.05, 4.69) is 10.6 Å². The number of carbonyl (C=O) groups is 1. The smallest absolute Gasteiger partial charge is 0.251 e. The van der Waals surface area contributed by atoms with E-state index in [0.29, 0.717) is 17.6 Å². The molecule has 1 aromatic heterocycles. The molecule has 3 atom stereocenters. The van der Waals surface area contributed by atoms with Gasteiger partial charge in [-0.05, 0) is 61.0 Å². The summed E-state index contributed by atoms with van der Waals surface area (Å²) >= 11 is 1.55. The second kappa shape index (κ2) is 5.74. The third kappa shape index (κ3) is 2.74. The first-order valence-corrected chi connectivity index (χ1v) is 8.54. The molecular formula is C17H18N2O2S. The summed E-state index contributed by atoms with van der Waals surface area (Å²) in [4.78, 5) is 12.3. The predicted molar refractivity (Wildman–Crippen MR) is 86.7 cm³/mol. The molecule has 1 aromatic carbocycles. The number of nitrogens with one attached hydrogen (secondary N) is 2. The topological polar surface area (TPSA) is 50.4 Å². The van der Waals surface area contributed by atoms with E-state index in [1.165, 1.54) is 12.8 Å². The molecule has 5 heteroatoms. The van der Waals surface area contributed by atoms with Crippen molar-refractivity contribution in [3.8, 4) is 10.8 Å². The number of fused-ring (bicyclic) bond motifs is 2. The molecule has 3 heterocycles. The Labute approximate surface area is 133 Å². The van der Waals surface area contributed by atoms with Crippen LogP contribution in [0.15, 0.2) is 41.8 Å². The van der Waals surface area contributed by atoms with Gasteiger partial charge in [0.25, 0.3) is 5.91 Å². The molecule has 3 unspecified atom stereocenters. The van der Waals surface area contributed by atoms with Crippen LogP contribution in [0, 0.1) is 0 Å². The second-order valence-corrected chi connectivity index (χ2v) is 6.83. The van der Waals surface area contributed by atoms with E-state index in [1.807, 2.05) is 41.8 Å². The van der Waals surface area contributed by atoms with Crippen LogP contribution in [0.25, 0.3) is 0 Å². The van der Waals surface area contributed by atoms with E-state index in [1.54, 1.807) is 11.3 Å². The molecule has 1 amide bonds. The van der Waals surface area contributed by atoms with Crippen LogP contribution in [0.2, 0.25) is 0 Å². The summed E-state index contributed by atoms with van der Waals surface area (Å²) in [6.45, 7) is 0. The number of amides is 1. The molecule has 0 saturated carbocycles. The van der Waals surface area contributed by atoms with Gasteiger partial charge < -0.3 is 15.4 Å². The average Bonchev–Trinajstić information content (AvgIpc) is 3.25. The zero-order valence-corrected chi connectivity index (χ0v) is 12.9. The van der Waals surface area contributed by atoms with Gasteiger partial charge in [0.2, 0.25) is 0 Å². The molecule has 0 aliphatic carbocycles. The number of hydrogen-bond donors (Lipinski definition) is 2. The van der Waals surface area contributed by atoms with Gasteiger partial charge in [0.05, 0.1) is 0 Å². The van der Waals surface area contributed by atoms with Gasteiger partial charge >= 0.3 is 0 Å². The monoisotopic (exact) mass is 314 g/mol. The lowest BCUT2D eigenvalue weighted by Crippen LogP contribution is -2.42. The zero-order chi connectivity index (χ0) is 14.9. The zero-order valence-electron chi connectivity index (χ0n) is 12.1. The van der Waals surface area contributed by atoms with Crippen LogP contribution in [0.3, 0.4) is 0 Å². The molecule has 2 aliphatic heterocycles. The van der Waals surface area contributed by atoms with E-state index < -0.39 is 0 Å². The molecule has 22 heavy (non-hydrogen) atoms. The largest absolute Gasteiger partial charge is 0.447 e. The number of benzene rings is 1. The minimum absolute atomic E-state index is 0.00187. The summed E-state index contributed by atoms with van der Waals surface area (Å²) in [7, 11) is 0. The van der Waals surface area contributed by atoms with Crippen molar-refractivity contribution in [1.29, 1.82) is 0 Å². The molecule has 4 nitrogen and oxygen atoms in total. The Morgan fingerprint density at radius 2 is 2.09 bits per heavy atom. The first-order valence-electron chi connectivity index (χ1n) is 7.66. The number of carbonyl (C=O) groups excluding carboxylic acids is 1. The third-order valence-electron chi connectivity index (χ3n) is 4.45. The van der Waals surface area contributed by atoms with Crippen molar-refractivity contribution in [2.45, 2.75) is 37.4 Å². The van der Waals surface area contributed by atoms with Gasteiger partial charge in [-0.15, -0.1) is 11.3 Å². The fourth-order valence-electron chi connectivity index (χ4n) is 3.35. The van der Waals surface area contributed by atoms with E-state index >= 15 is 0 Å². The van der Waals surface area contributed by atoms with Crippen LogP contribution in [-0.4, -0.2) is 24.0 Å². The van der Waals surface area contributed by atoms with Gasteiger partial charge in [-0.2, -0.15) is 0 Å². The predicted octanol–water partition coefficient (Wildman–Crippen LogP) is 3.16. The highest BCUT2D eigenvalue weighted by atomic mass is 32.1. The quantitative estimate of drug-likeness (QED) is 0.911. The number of rotatable bonds is 4. The molecule has 2 aromatic rings. The van der Waals surface area contributed by atoms with E-state index in [0.717, 1.165) is 17.2 Å². The Balaban J connectivity index is 1.38. The van der Waals surface area contributed by atoms with Gasteiger partial charge in [0.1, 0.15) is 5.75 Å². The molecule has 2 bridgehead atoms. The van der Waals surface area contributed by atoms with Gasteiger partial charge in [-0.3, -0.25) is 4.79 Å². The first-order chi connectivity index (χ1) is 10.8. The van der Waals surface area contributed by atoms with Gasteiger partial charge in [0.15, 0.2) is 5.06 Å². The fraction of sp³-hybridized carbons (Fsp3) is 0.353. The van der Waals surface area contributed by atoms with Crippen molar-refractivity contribution in [3.05, 3.63) is 47.3 Å². The van der Waals surface area contributed by atoms with Gasteiger partial charge in [-0.25, -0.2) is 0 Å². The van der Waals surface area contributed by atoms with Crippen molar-refractivity contribution < 1.29 is 9.53 Å². The summed E-state index contributed by atoms with van der Waals surface area (Å²) in [5.41, 5.74) is 0.682. The van der Waals surface area contributed by atoms with Crippen LogP contribution in [-0.2, 0) is 0 Å². The normalized spacial score (nSPS) is 26.1. The molecule has 2 saturated heterocycles. The molecule has 2 aliphatic rings. The lowest BCUT2D eigenvalue weighted by Gasteiger charge is -2.21. The van der Waals surface area contributed by atoms with Crippen molar-refractivity contribution in [1.82, 2.24) is 10.6 Å². The van der Waals surface area contributed by atoms with Crippen molar-refractivity contribution >= 4 is 17.2 Å². The molecule has 2 N–H and O–H groups in total. The standard InChI is InChI=1S/C17H18N2O2S/c20-17(19-15-10-12-5-8-14(15)18-12)11-3-6-13(7-4-11)21-16-2-1-9-22-16/h1-4,6-7,9,12,14-15,18H,5,8,10H2,(H,19,20). The molecule has 114 valence electrons. The first kappa shape index (κ1) is 13.8. The van der Waals surface area contributed by atoms with Crippen molar-refractivity contribution in [2.24, 2.45) is 0 Å². The fourth-order valence-corrected chi connectivity index (χ4v) is 3.94. The highest BCUT2D eigenvalue weighted by molar-refractivity contribution is 7.11. The van der Waals surface area contributed by atoms with Gasteiger partial charge in [0, 0.05) is 23.7 Å². The average molecular weight is 314 g/mol. The Kier molecular flexibility index (Phi) is 3.60. The molecule has 0 radical (unpaired) electrons. The van der Waals surface area contributed by atoms with Crippen LogP contribution in [0.4, 0.5) is 0 Å². The van der Waals surface area contributed by atoms with Crippen molar-refractivity contribution in [3.63, 3.8) is 0 Å². The molecule has 2 fully saturated rings. The minimum Gasteiger partial charge on any atom is -0.447 e. The summed E-state index contributed by atoms with van der Waals surface area (Å²) in [6, 6.07) is 12.5.